The molecule has 0 fully saturated rings. The summed E-state index contributed by atoms with van der Waals surface area (Å²) < 4.78 is 0. The molecule has 0 saturated carbocycles. The lowest BCUT2D eigenvalue weighted by Gasteiger charge is -1.61. The fourth-order valence-corrected chi connectivity index (χ4v) is 0. The highest BCUT2D eigenvalue weighted by Gasteiger charge is 1.65. The summed E-state index contributed by atoms with van der Waals surface area (Å²) in [6, 6.07) is 0. The van der Waals surface area contributed by atoms with E-state index in [-0.39, 0.29) is 9.90 Å². The number of carbonyl (C=O) groups is 1. The summed E-state index contributed by atoms with van der Waals surface area (Å²) in [5.74, 6) is 0. The molecule has 32 valence electrons. The van der Waals surface area contributed by atoms with Crippen molar-refractivity contribution in [1.29, 1.82) is 0 Å². The molecule has 0 aromatic heterocycles. The van der Waals surface area contributed by atoms with Gasteiger partial charge in [-0.1, -0.05) is 0 Å². The molecule has 0 radical (unpaired) electrons. The Morgan fingerprint density at radius 1 is 1.80 bits per heavy atom. The van der Waals surface area contributed by atoms with Crippen molar-refractivity contribution in [2.45, 2.75) is 0 Å². The van der Waals surface area contributed by atoms with E-state index >= 15 is 0 Å². The van der Waals surface area contributed by atoms with Crippen LogP contribution in [0, 0.1) is 0 Å². The maximum absolute atomic E-state index is 8.78. The van der Waals surface area contributed by atoms with Crippen molar-refractivity contribution in [3.63, 3.8) is 0 Å². The molecule has 1 atom stereocenters. The number of nitrogens with two attached hydrogens (primary N) is 1. The van der Waals surface area contributed by atoms with E-state index in [2.05, 4.69) is 5.73 Å². The van der Waals surface area contributed by atoms with E-state index in [1.165, 1.54) is 0 Å². The van der Waals surface area contributed by atoms with Crippen molar-refractivity contribution in [2.24, 2.45) is 5.73 Å². The molecule has 0 heterocycles. The van der Waals surface area contributed by atoms with Gasteiger partial charge in [-0.05, 0) is 0 Å². The second-order valence-corrected chi connectivity index (χ2v) is 0.338. The molecule has 3 nitrogen and oxygen atoms in total. The standard InChI is InChI=1S/CH3NO2.H3P/c2-1(3)4;/h2H2,(H,3,4);1H3. The summed E-state index contributed by atoms with van der Waals surface area (Å²) in [6.07, 6.45) is -1.33. The lowest BCUT2D eigenvalue weighted by molar-refractivity contribution is 0.205. The summed E-state index contributed by atoms with van der Waals surface area (Å²) >= 11 is 0. The van der Waals surface area contributed by atoms with Gasteiger partial charge in [-0.2, -0.15) is 9.90 Å². The minimum atomic E-state index is -1.33. The van der Waals surface area contributed by atoms with E-state index in [0.29, 0.717) is 0 Å². The van der Waals surface area contributed by atoms with E-state index in [1.807, 2.05) is 0 Å². The van der Waals surface area contributed by atoms with E-state index in [9.17, 15) is 0 Å². The van der Waals surface area contributed by atoms with Crippen LogP contribution in [0.2, 0.25) is 0 Å². The summed E-state index contributed by atoms with van der Waals surface area (Å²) in [4.78, 5) is 8.78. The smallest absolute Gasteiger partial charge is 0.402 e. The van der Waals surface area contributed by atoms with Crippen LogP contribution in [0.1, 0.15) is 0 Å². The zero-order chi connectivity index (χ0) is 3.58. The molecule has 4 heteroatoms. The van der Waals surface area contributed by atoms with Gasteiger partial charge in [-0.15, -0.1) is 0 Å². The number of hydrogen-bond donors (Lipinski definition) is 2. The molecule has 1 unspecified atom stereocenters. The molecule has 0 aliphatic rings. The van der Waals surface area contributed by atoms with E-state index in [0.717, 1.165) is 0 Å². The largest absolute Gasteiger partial charge is 0.465 e. The molecule has 0 bridgehead atoms. The lowest BCUT2D eigenvalue weighted by Crippen LogP contribution is -2.03. The average molecular weight is 95.0 g/mol. The van der Waals surface area contributed by atoms with Crippen molar-refractivity contribution in [3.05, 3.63) is 0 Å². The van der Waals surface area contributed by atoms with Crippen LogP contribution in [-0.2, 0) is 0 Å². The Bertz CT molecular complexity index is 32.6. The molecule has 0 aromatic carbocycles. The minimum Gasteiger partial charge on any atom is -0.465 e. The third-order valence-corrected chi connectivity index (χ3v) is 0. The number of amides is 1. The van der Waals surface area contributed by atoms with Crippen LogP contribution in [0.5, 0.6) is 0 Å². The van der Waals surface area contributed by atoms with Gasteiger partial charge in [0.2, 0.25) is 0 Å². The molecule has 0 spiro atoms. The van der Waals surface area contributed by atoms with Crippen molar-refractivity contribution >= 4 is 16.0 Å². The van der Waals surface area contributed by atoms with Gasteiger partial charge in [-0.25, -0.2) is 4.79 Å². The minimum absolute atomic E-state index is 0. The van der Waals surface area contributed by atoms with Gasteiger partial charge in [0.05, 0.1) is 0 Å². The van der Waals surface area contributed by atoms with E-state index in [4.69, 9.17) is 9.90 Å². The first-order valence-corrected chi connectivity index (χ1v) is 0.716. The highest BCUT2D eigenvalue weighted by molar-refractivity contribution is 6.92. The number of hydrogen-bond acceptors (Lipinski definition) is 1. The number of carboxylic acid groups (broad SMARTS) is 1. The fraction of sp³-hybridized carbons (Fsp3) is 0. The number of rotatable bonds is 0. The van der Waals surface area contributed by atoms with Crippen LogP contribution in [0.4, 0.5) is 4.79 Å². The summed E-state index contributed by atoms with van der Waals surface area (Å²) in [5.41, 5.74) is 4.03. The second kappa shape index (κ2) is 3.70. The predicted octanol–water partition coefficient (Wildman–Crippen LogP) is -0.319. The first-order valence-electron chi connectivity index (χ1n) is 0.716. The van der Waals surface area contributed by atoms with Crippen molar-refractivity contribution in [3.8, 4) is 0 Å². The molecule has 0 aromatic rings. The molecule has 5 heavy (non-hydrogen) atoms. The lowest BCUT2D eigenvalue weighted by atomic mass is 11.3. The Labute approximate surface area is 32.8 Å². The third-order valence-electron chi connectivity index (χ3n) is 0. The third kappa shape index (κ3) is 119. The molecule has 0 aliphatic heterocycles. The Balaban J connectivity index is 0. The number of primary amides is 1. The normalized spacial score (nSPS) is 4.80. The zero-order valence-corrected chi connectivity index (χ0v) is 4.05. The summed E-state index contributed by atoms with van der Waals surface area (Å²) in [6.45, 7) is 0. The molecule has 1 amide bonds. The van der Waals surface area contributed by atoms with Gasteiger partial charge in [0, 0.05) is 0 Å². The topological polar surface area (TPSA) is 63.3 Å². The highest BCUT2D eigenvalue weighted by atomic mass is 31.0. The van der Waals surface area contributed by atoms with Crippen molar-refractivity contribution in [1.82, 2.24) is 0 Å². The fourth-order valence-electron chi connectivity index (χ4n) is 0. The Morgan fingerprint density at radius 3 is 1.80 bits per heavy atom. The van der Waals surface area contributed by atoms with Crippen LogP contribution in [0.15, 0.2) is 0 Å². The maximum atomic E-state index is 8.78. The first kappa shape index (κ1) is 8.83. The molecule has 0 aliphatic carbocycles. The van der Waals surface area contributed by atoms with Crippen LogP contribution in [0.25, 0.3) is 0 Å². The predicted molar refractivity (Wildman–Crippen MR) is 23.3 cm³/mol. The maximum Gasteiger partial charge on any atom is 0.402 e. The molecular formula is CH6NO2P. The van der Waals surface area contributed by atoms with E-state index < -0.39 is 6.09 Å². The van der Waals surface area contributed by atoms with Gasteiger partial charge in [0.25, 0.3) is 0 Å². The Hall–Kier alpha value is -0.300. The van der Waals surface area contributed by atoms with Gasteiger partial charge in [0.1, 0.15) is 0 Å². The average Bonchev–Trinajstić information content (AvgIpc) is 0.811. The SMILES string of the molecule is NC(=O)O.P. The van der Waals surface area contributed by atoms with Crippen LogP contribution in [-0.4, -0.2) is 11.2 Å². The van der Waals surface area contributed by atoms with E-state index in [1.54, 1.807) is 0 Å². The van der Waals surface area contributed by atoms with Gasteiger partial charge >= 0.3 is 6.09 Å². The molecule has 0 rings (SSSR count). The highest BCUT2D eigenvalue weighted by Crippen LogP contribution is 1.34. The molecule has 0 saturated heterocycles. The summed E-state index contributed by atoms with van der Waals surface area (Å²) in [7, 11) is 0. The second-order valence-electron chi connectivity index (χ2n) is 0.338. The Kier molecular flexibility index (Phi) is 6.53. The van der Waals surface area contributed by atoms with Crippen molar-refractivity contribution in [2.75, 3.05) is 0 Å². The van der Waals surface area contributed by atoms with Crippen LogP contribution in [0.3, 0.4) is 0 Å². The summed E-state index contributed by atoms with van der Waals surface area (Å²) in [5, 5.41) is 7.19. The molecule has 3 N–H and O–H groups in total. The zero-order valence-electron chi connectivity index (χ0n) is 2.64. The molecular weight excluding hydrogens is 89.0 g/mol. The van der Waals surface area contributed by atoms with Crippen molar-refractivity contribution < 1.29 is 9.90 Å². The van der Waals surface area contributed by atoms with Crippen LogP contribution >= 0.6 is 9.90 Å². The Morgan fingerprint density at radius 2 is 1.80 bits per heavy atom. The van der Waals surface area contributed by atoms with Gasteiger partial charge in [0.15, 0.2) is 0 Å². The monoisotopic (exact) mass is 95.0 g/mol. The quantitative estimate of drug-likeness (QED) is 0.405. The first-order chi connectivity index (χ1) is 1.73. The van der Waals surface area contributed by atoms with Gasteiger partial charge < -0.3 is 10.8 Å². The van der Waals surface area contributed by atoms with Gasteiger partial charge in [-0.3, -0.25) is 0 Å². The van der Waals surface area contributed by atoms with Crippen LogP contribution < -0.4 is 5.73 Å².